The summed E-state index contributed by atoms with van der Waals surface area (Å²) in [7, 11) is 0. The highest BCUT2D eigenvalue weighted by Gasteiger charge is 2.29. The lowest BCUT2D eigenvalue weighted by Crippen LogP contribution is -2.21. The van der Waals surface area contributed by atoms with Crippen LogP contribution >= 0.6 is 23.2 Å². The number of ketones is 2. The van der Waals surface area contributed by atoms with Gasteiger partial charge in [-0.05, 0) is 41.8 Å². The fraction of sp³-hybridized carbons (Fsp3) is 0.105. The molecular weight excluding hydrogens is 345 g/mol. The second-order valence-corrected chi connectivity index (χ2v) is 6.31. The van der Waals surface area contributed by atoms with Crippen LogP contribution in [-0.2, 0) is 6.42 Å². The number of nitrogens with zero attached hydrogens (tertiary/aromatic N) is 1. The zero-order chi connectivity index (χ0) is 17.3. The van der Waals surface area contributed by atoms with Gasteiger partial charge in [-0.15, -0.1) is 0 Å². The third-order valence-electron chi connectivity index (χ3n) is 3.95. The molecule has 0 N–H and O–H groups in total. The Morgan fingerprint density at radius 2 is 1.92 bits per heavy atom. The van der Waals surface area contributed by atoms with Crippen molar-refractivity contribution in [3.8, 4) is 6.07 Å². The molecule has 1 atom stereocenters. The lowest BCUT2D eigenvalue weighted by Gasteiger charge is -2.19. The standard InChI is InChI=1S/C19H11Cl2NO2/c20-13-5-6-15(17(21)9-13)19(24)16(10-22)12-7-11-3-1-2-4-14(11)18(23)8-12/h1-6,8-9,16H,7H2. The van der Waals surface area contributed by atoms with Crippen molar-refractivity contribution < 1.29 is 9.59 Å². The number of rotatable bonds is 3. The van der Waals surface area contributed by atoms with Gasteiger partial charge < -0.3 is 0 Å². The molecule has 118 valence electrons. The molecule has 2 aromatic rings. The van der Waals surface area contributed by atoms with Crippen molar-refractivity contribution in [2.75, 3.05) is 0 Å². The summed E-state index contributed by atoms with van der Waals surface area (Å²) >= 11 is 11.9. The molecule has 0 bridgehead atoms. The monoisotopic (exact) mass is 355 g/mol. The molecule has 0 saturated heterocycles. The fourth-order valence-electron chi connectivity index (χ4n) is 2.77. The number of fused-ring (bicyclic) bond motifs is 1. The molecule has 3 nitrogen and oxygen atoms in total. The Balaban J connectivity index is 1.97. The smallest absolute Gasteiger partial charge is 0.186 e. The number of nitriles is 1. The first-order valence-electron chi connectivity index (χ1n) is 7.23. The molecule has 0 radical (unpaired) electrons. The van der Waals surface area contributed by atoms with Crippen molar-refractivity contribution in [3.63, 3.8) is 0 Å². The van der Waals surface area contributed by atoms with Gasteiger partial charge in [-0.1, -0.05) is 47.5 Å². The van der Waals surface area contributed by atoms with Crippen LogP contribution in [-0.4, -0.2) is 11.6 Å². The van der Waals surface area contributed by atoms with E-state index in [1.807, 2.05) is 18.2 Å². The van der Waals surface area contributed by atoms with Crippen LogP contribution in [0, 0.1) is 17.2 Å². The fourth-order valence-corrected chi connectivity index (χ4v) is 3.27. The first-order valence-corrected chi connectivity index (χ1v) is 7.98. The van der Waals surface area contributed by atoms with Gasteiger partial charge in [0.25, 0.3) is 0 Å². The van der Waals surface area contributed by atoms with Crippen molar-refractivity contribution in [1.29, 1.82) is 5.26 Å². The molecule has 3 rings (SSSR count). The second-order valence-electron chi connectivity index (χ2n) is 5.47. The van der Waals surface area contributed by atoms with Crippen molar-refractivity contribution in [1.82, 2.24) is 0 Å². The van der Waals surface area contributed by atoms with Gasteiger partial charge in [-0.3, -0.25) is 9.59 Å². The van der Waals surface area contributed by atoms with Gasteiger partial charge in [0.1, 0.15) is 5.92 Å². The molecular formula is C19H11Cl2NO2. The van der Waals surface area contributed by atoms with Crippen LogP contribution in [0.2, 0.25) is 10.0 Å². The van der Waals surface area contributed by atoms with Gasteiger partial charge in [0.15, 0.2) is 11.6 Å². The number of Topliss-reactive ketones (excluding diaryl/α,β-unsaturated/α-hetero) is 1. The summed E-state index contributed by atoms with van der Waals surface area (Å²) in [5.74, 6) is -1.68. The van der Waals surface area contributed by atoms with Crippen molar-refractivity contribution in [3.05, 3.63) is 80.8 Å². The van der Waals surface area contributed by atoms with Crippen LogP contribution in [0.4, 0.5) is 0 Å². The molecule has 1 aliphatic rings. The molecule has 5 heteroatoms. The summed E-state index contributed by atoms with van der Waals surface area (Å²) in [4.78, 5) is 25.0. The van der Waals surface area contributed by atoms with Gasteiger partial charge in [0.05, 0.1) is 11.1 Å². The van der Waals surface area contributed by atoms with Crippen molar-refractivity contribution in [2.24, 2.45) is 5.92 Å². The normalized spacial score (nSPS) is 14.4. The Bertz CT molecular complexity index is 925. The molecule has 1 aliphatic carbocycles. The minimum atomic E-state index is -1.05. The predicted molar refractivity (Wildman–Crippen MR) is 92.5 cm³/mol. The molecule has 0 heterocycles. The third-order valence-corrected chi connectivity index (χ3v) is 4.50. The molecule has 0 amide bonds. The number of hydrogen-bond donors (Lipinski definition) is 0. The zero-order valence-corrected chi connectivity index (χ0v) is 13.9. The van der Waals surface area contributed by atoms with E-state index in [0.29, 0.717) is 22.6 Å². The van der Waals surface area contributed by atoms with E-state index >= 15 is 0 Å². The SMILES string of the molecule is N#CC(C(=O)c1ccc(Cl)cc1Cl)C1=CC(=O)c2ccccc2C1. The second kappa shape index (κ2) is 6.60. The number of benzene rings is 2. The van der Waals surface area contributed by atoms with Gasteiger partial charge in [-0.2, -0.15) is 5.26 Å². The molecule has 2 aromatic carbocycles. The van der Waals surface area contributed by atoms with E-state index in [-0.39, 0.29) is 16.4 Å². The highest BCUT2D eigenvalue weighted by Crippen LogP contribution is 2.30. The lowest BCUT2D eigenvalue weighted by molar-refractivity contribution is 0.0962. The third kappa shape index (κ3) is 2.99. The topological polar surface area (TPSA) is 57.9 Å². The molecule has 0 fully saturated rings. The van der Waals surface area contributed by atoms with Crippen molar-refractivity contribution in [2.45, 2.75) is 6.42 Å². The van der Waals surface area contributed by atoms with Gasteiger partial charge in [-0.25, -0.2) is 0 Å². The van der Waals surface area contributed by atoms with Crippen LogP contribution in [0.3, 0.4) is 0 Å². The Morgan fingerprint density at radius 3 is 2.62 bits per heavy atom. The van der Waals surface area contributed by atoms with E-state index < -0.39 is 11.7 Å². The van der Waals surface area contributed by atoms with E-state index in [0.717, 1.165) is 5.56 Å². The number of carbonyl (C=O) groups is 2. The molecule has 0 aliphatic heterocycles. The number of halogens is 2. The first-order chi connectivity index (χ1) is 11.5. The minimum absolute atomic E-state index is 0.191. The van der Waals surface area contributed by atoms with Crippen LogP contribution in [0.5, 0.6) is 0 Å². The van der Waals surface area contributed by atoms with E-state index in [1.54, 1.807) is 18.2 Å². The quantitative estimate of drug-likeness (QED) is 0.750. The van der Waals surface area contributed by atoms with Crippen LogP contribution in [0.15, 0.2) is 54.1 Å². The molecule has 24 heavy (non-hydrogen) atoms. The summed E-state index contributed by atoms with van der Waals surface area (Å²) in [5.41, 5.74) is 2.13. The maximum absolute atomic E-state index is 12.7. The summed E-state index contributed by atoms with van der Waals surface area (Å²) in [5, 5.41) is 10.1. The number of hydrogen-bond acceptors (Lipinski definition) is 3. The van der Waals surface area contributed by atoms with E-state index in [2.05, 4.69) is 0 Å². The maximum Gasteiger partial charge on any atom is 0.186 e. The number of allylic oxidation sites excluding steroid dienone is 2. The van der Waals surface area contributed by atoms with Crippen LogP contribution < -0.4 is 0 Å². The van der Waals surface area contributed by atoms with E-state index in [9.17, 15) is 14.9 Å². The van der Waals surface area contributed by atoms with Gasteiger partial charge in [0, 0.05) is 16.1 Å². The van der Waals surface area contributed by atoms with Gasteiger partial charge in [0.2, 0.25) is 0 Å². The summed E-state index contributed by atoms with van der Waals surface area (Å²) in [6, 6.07) is 13.7. The molecule has 0 aromatic heterocycles. The van der Waals surface area contributed by atoms with Crippen molar-refractivity contribution >= 4 is 34.8 Å². The Morgan fingerprint density at radius 1 is 1.17 bits per heavy atom. The Hall–Kier alpha value is -2.41. The first kappa shape index (κ1) is 16.4. The van der Waals surface area contributed by atoms with Crippen LogP contribution in [0.1, 0.15) is 26.3 Å². The van der Waals surface area contributed by atoms with Gasteiger partial charge >= 0.3 is 0 Å². The molecule has 1 unspecified atom stereocenters. The molecule has 0 spiro atoms. The Labute approximate surface area is 149 Å². The van der Waals surface area contributed by atoms with E-state index in [4.69, 9.17) is 23.2 Å². The summed E-state index contributed by atoms with van der Waals surface area (Å²) in [6.07, 6.45) is 1.77. The summed E-state index contributed by atoms with van der Waals surface area (Å²) < 4.78 is 0. The maximum atomic E-state index is 12.7. The molecule has 0 saturated carbocycles. The average Bonchev–Trinajstić information content (AvgIpc) is 2.55. The highest BCUT2D eigenvalue weighted by atomic mass is 35.5. The minimum Gasteiger partial charge on any atom is -0.292 e. The van der Waals surface area contributed by atoms with E-state index in [1.165, 1.54) is 18.2 Å². The zero-order valence-electron chi connectivity index (χ0n) is 12.4. The lowest BCUT2D eigenvalue weighted by atomic mass is 9.82. The average molecular weight is 356 g/mol. The largest absolute Gasteiger partial charge is 0.292 e. The predicted octanol–water partition coefficient (Wildman–Crippen LogP) is 4.68. The Kier molecular flexibility index (Phi) is 4.53. The summed E-state index contributed by atoms with van der Waals surface area (Å²) in [6.45, 7) is 0. The number of carbonyl (C=O) groups excluding carboxylic acids is 2. The highest BCUT2D eigenvalue weighted by molar-refractivity contribution is 6.37. The van der Waals surface area contributed by atoms with Crippen LogP contribution in [0.25, 0.3) is 0 Å².